The molecule has 90 valence electrons. The van der Waals surface area contributed by atoms with E-state index in [-0.39, 0.29) is 0 Å². The molecule has 3 aromatic rings. The molecule has 0 radical (unpaired) electrons. The van der Waals surface area contributed by atoms with Gasteiger partial charge in [-0.3, -0.25) is 0 Å². The van der Waals surface area contributed by atoms with Crippen molar-refractivity contribution >= 4 is 22.6 Å². The van der Waals surface area contributed by atoms with Crippen molar-refractivity contribution in [2.24, 2.45) is 0 Å². The van der Waals surface area contributed by atoms with E-state index in [9.17, 15) is 0 Å². The second kappa shape index (κ2) is 4.75. The topological polar surface area (TPSA) is 22.4 Å². The Labute approximate surface area is 110 Å². The Morgan fingerprint density at radius 2 is 1.83 bits per heavy atom. The predicted octanol–water partition coefficient (Wildman–Crippen LogP) is 4.67. The summed E-state index contributed by atoms with van der Waals surface area (Å²) >= 11 is 6.05. The lowest BCUT2D eigenvalue weighted by Crippen LogP contribution is -1.92. The fourth-order valence-corrected chi connectivity index (χ4v) is 2.04. The molecular formula is C15H11ClO2. The Morgan fingerprint density at radius 3 is 2.61 bits per heavy atom. The van der Waals surface area contributed by atoms with Crippen molar-refractivity contribution in [3.05, 3.63) is 65.4 Å². The molecule has 0 aliphatic carbocycles. The van der Waals surface area contributed by atoms with E-state index in [1.54, 1.807) is 0 Å². The van der Waals surface area contributed by atoms with E-state index < -0.39 is 0 Å². The van der Waals surface area contributed by atoms with E-state index >= 15 is 0 Å². The molecule has 0 unspecified atom stereocenters. The van der Waals surface area contributed by atoms with E-state index in [4.69, 9.17) is 20.8 Å². The molecular weight excluding hydrogens is 248 g/mol. The van der Waals surface area contributed by atoms with Crippen LogP contribution in [-0.2, 0) is 6.61 Å². The molecule has 0 aliphatic heterocycles. The number of benzene rings is 2. The van der Waals surface area contributed by atoms with Crippen LogP contribution in [0.1, 0.15) is 5.76 Å². The van der Waals surface area contributed by atoms with E-state index in [0.29, 0.717) is 17.2 Å². The molecule has 2 nitrogen and oxygen atoms in total. The molecule has 0 saturated carbocycles. The predicted molar refractivity (Wildman–Crippen MR) is 72.0 cm³/mol. The van der Waals surface area contributed by atoms with Gasteiger partial charge in [0.2, 0.25) is 0 Å². The summed E-state index contributed by atoms with van der Waals surface area (Å²) in [6.45, 7) is 0.398. The minimum absolute atomic E-state index is 0.398. The fourth-order valence-electron chi connectivity index (χ4n) is 1.82. The van der Waals surface area contributed by atoms with Crippen molar-refractivity contribution in [1.82, 2.24) is 0 Å². The second-order valence-corrected chi connectivity index (χ2v) is 4.38. The van der Waals surface area contributed by atoms with Crippen molar-refractivity contribution in [3.8, 4) is 5.75 Å². The average Bonchev–Trinajstić information content (AvgIpc) is 2.82. The van der Waals surface area contributed by atoms with Gasteiger partial charge in [0, 0.05) is 5.39 Å². The largest absolute Gasteiger partial charge is 0.486 e. The summed E-state index contributed by atoms with van der Waals surface area (Å²) in [6, 6.07) is 17.3. The smallest absolute Gasteiger partial charge is 0.153 e. The summed E-state index contributed by atoms with van der Waals surface area (Å²) in [5.41, 5.74) is 0.714. The minimum atomic E-state index is 0.398. The number of rotatable bonds is 3. The molecule has 1 aromatic heterocycles. The van der Waals surface area contributed by atoms with E-state index in [0.717, 1.165) is 16.9 Å². The van der Waals surface area contributed by atoms with Crippen molar-refractivity contribution < 1.29 is 9.15 Å². The van der Waals surface area contributed by atoms with E-state index in [2.05, 4.69) is 0 Å². The summed E-state index contributed by atoms with van der Waals surface area (Å²) in [7, 11) is 0. The minimum Gasteiger partial charge on any atom is -0.486 e. The number of furan rings is 1. The molecule has 1 heterocycles. The lowest BCUT2D eigenvalue weighted by Gasteiger charge is -2.02. The monoisotopic (exact) mass is 258 g/mol. The van der Waals surface area contributed by atoms with Gasteiger partial charge in [0.05, 0.1) is 5.02 Å². The lowest BCUT2D eigenvalue weighted by atomic mass is 10.2. The first-order chi connectivity index (χ1) is 8.83. The molecule has 0 atom stereocenters. The quantitative estimate of drug-likeness (QED) is 0.681. The van der Waals surface area contributed by atoms with Crippen molar-refractivity contribution in [2.45, 2.75) is 6.61 Å². The highest BCUT2D eigenvalue weighted by Gasteiger charge is 2.07. The van der Waals surface area contributed by atoms with Crippen molar-refractivity contribution in [1.29, 1.82) is 0 Å². The van der Waals surface area contributed by atoms with Gasteiger partial charge in [-0.15, -0.1) is 0 Å². The molecule has 0 N–H and O–H groups in total. The number of fused-ring (bicyclic) bond motifs is 1. The van der Waals surface area contributed by atoms with Crippen LogP contribution in [0.3, 0.4) is 0 Å². The Balaban J connectivity index is 1.81. The Bertz CT molecular complexity index is 659. The number of hydrogen-bond donors (Lipinski definition) is 0. The van der Waals surface area contributed by atoms with Gasteiger partial charge in [0.1, 0.15) is 18.1 Å². The third-order valence-electron chi connectivity index (χ3n) is 2.67. The maximum atomic E-state index is 6.05. The van der Waals surface area contributed by atoms with E-state index in [1.807, 2.05) is 54.6 Å². The highest BCUT2D eigenvalue weighted by atomic mass is 35.5. The zero-order valence-corrected chi connectivity index (χ0v) is 10.4. The lowest BCUT2D eigenvalue weighted by molar-refractivity contribution is 0.274. The van der Waals surface area contributed by atoms with Crippen LogP contribution in [0.5, 0.6) is 5.75 Å². The van der Waals surface area contributed by atoms with Gasteiger partial charge in [0.25, 0.3) is 0 Å². The Kier molecular flexibility index (Phi) is 2.95. The van der Waals surface area contributed by atoms with Gasteiger partial charge in [-0.05, 0) is 24.3 Å². The van der Waals surface area contributed by atoms with Crippen LogP contribution >= 0.6 is 11.6 Å². The first-order valence-corrected chi connectivity index (χ1v) is 6.05. The van der Waals surface area contributed by atoms with Gasteiger partial charge < -0.3 is 9.15 Å². The maximum Gasteiger partial charge on any atom is 0.153 e. The Morgan fingerprint density at radius 1 is 1.00 bits per heavy atom. The molecule has 0 aliphatic rings. The average molecular weight is 259 g/mol. The third kappa shape index (κ3) is 2.20. The van der Waals surface area contributed by atoms with Crippen LogP contribution in [-0.4, -0.2) is 0 Å². The zero-order valence-electron chi connectivity index (χ0n) is 9.60. The normalized spacial score (nSPS) is 10.7. The van der Waals surface area contributed by atoms with Crippen molar-refractivity contribution in [2.75, 3.05) is 0 Å². The van der Waals surface area contributed by atoms with Crippen LogP contribution in [0, 0.1) is 0 Å². The maximum absolute atomic E-state index is 6.05. The molecule has 3 rings (SSSR count). The molecule has 0 spiro atoms. The SMILES string of the molecule is Clc1cccc2cc(COc3ccccc3)oc12. The fraction of sp³-hybridized carbons (Fsp3) is 0.0667. The van der Waals surface area contributed by atoms with Gasteiger partial charge in [-0.25, -0.2) is 0 Å². The summed E-state index contributed by atoms with van der Waals surface area (Å²) in [6.07, 6.45) is 0. The summed E-state index contributed by atoms with van der Waals surface area (Å²) in [5.74, 6) is 1.59. The van der Waals surface area contributed by atoms with Gasteiger partial charge in [-0.1, -0.05) is 41.9 Å². The summed E-state index contributed by atoms with van der Waals surface area (Å²) in [5, 5.41) is 1.62. The second-order valence-electron chi connectivity index (χ2n) is 3.97. The molecule has 2 aromatic carbocycles. The van der Waals surface area contributed by atoms with Gasteiger partial charge >= 0.3 is 0 Å². The number of para-hydroxylation sites is 2. The molecule has 0 saturated heterocycles. The number of hydrogen-bond acceptors (Lipinski definition) is 2. The standard InChI is InChI=1S/C15H11ClO2/c16-14-8-4-5-11-9-13(18-15(11)14)10-17-12-6-2-1-3-7-12/h1-9H,10H2. The molecule has 0 amide bonds. The van der Waals surface area contributed by atoms with Gasteiger partial charge in [-0.2, -0.15) is 0 Å². The molecule has 18 heavy (non-hydrogen) atoms. The molecule has 3 heteroatoms. The van der Waals surface area contributed by atoms with Crippen LogP contribution in [0.2, 0.25) is 5.02 Å². The van der Waals surface area contributed by atoms with Crippen LogP contribution in [0.15, 0.2) is 59.0 Å². The zero-order chi connectivity index (χ0) is 12.4. The van der Waals surface area contributed by atoms with Crippen LogP contribution in [0.25, 0.3) is 11.0 Å². The third-order valence-corrected chi connectivity index (χ3v) is 2.97. The van der Waals surface area contributed by atoms with E-state index in [1.165, 1.54) is 0 Å². The van der Waals surface area contributed by atoms with Gasteiger partial charge in [0.15, 0.2) is 5.58 Å². The number of halogens is 1. The van der Waals surface area contributed by atoms with Crippen LogP contribution < -0.4 is 4.74 Å². The molecule has 0 bridgehead atoms. The Hall–Kier alpha value is -1.93. The summed E-state index contributed by atoms with van der Waals surface area (Å²) < 4.78 is 11.3. The highest BCUT2D eigenvalue weighted by molar-refractivity contribution is 6.34. The van der Waals surface area contributed by atoms with Crippen molar-refractivity contribution in [3.63, 3.8) is 0 Å². The number of ether oxygens (including phenoxy) is 1. The first kappa shape index (κ1) is 11.2. The van der Waals surface area contributed by atoms with Crippen LogP contribution in [0.4, 0.5) is 0 Å². The molecule has 0 fully saturated rings. The highest BCUT2D eigenvalue weighted by Crippen LogP contribution is 2.27. The first-order valence-electron chi connectivity index (χ1n) is 5.68. The summed E-state index contributed by atoms with van der Waals surface area (Å²) in [4.78, 5) is 0.